The van der Waals surface area contributed by atoms with Crippen LogP contribution in [0.1, 0.15) is 11.3 Å². The predicted molar refractivity (Wildman–Crippen MR) is 67.9 cm³/mol. The summed E-state index contributed by atoms with van der Waals surface area (Å²) >= 11 is 12.1. The van der Waals surface area contributed by atoms with Crippen molar-refractivity contribution in [2.24, 2.45) is 0 Å². The third-order valence-electron chi connectivity index (χ3n) is 2.99. The minimum atomic E-state index is -0.0825. The molecule has 5 heteroatoms. The Morgan fingerprint density at radius 2 is 2.00 bits per heavy atom. The molecule has 1 aromatic carbocycles. The lowest BCUT2D eigenvalue weighted by molar-refractivity contribution is 0.109. The summed E-state index contributed by atoms with van der Waals surface area (Å²) in [4.78, 5) is 15.5. The Hall–Kier alpha value is -1.03. The topological polar surface area (TPSA) is 42.1 Å². The number of pyridine rings is 1. The Bertz CT molecular complexity index is 664. The molecule has 1 aliphatic heterocycles. The highest BCUT2D eigenvalue weighted by molar-refractivity contribution is 6.39. The molecule has 0 amide bonds. The molecule has 0 aliphatic carbocycles. The molecule has 3 nitrogen and oxygen atoms in total. The van der Waals surface area contributed by atoms with E-state index in [-0.39, 0.29) is 5.43 Å². The summed E-state index contributed by atoms with van der Waals surface area (Å²) in [7, 11) is 0. The Kier molecular flexibility index (Phi) is 2.62. The van der Waals surface area contributed by atoms with Crippen molar-refractivity contribution in [2.75, 3.05) is 6.61 Å². The van der Waals surface area contributed by atoms with Gasteiger partial charge in [0.15, 0.2) is 5.43 Å². The van der Waals surface area contributed by atoms with Crippen LogP contribution < -0.4 is 5.43 Å². The number of ether oxygens (including phenoxy) is 1. The molecule has 0 saturated heterocycles. The van der Waals surface area contributed by atoms with E-state index < -0.39 is 0 Å². The molecule has 0 saturated carbocycles. The number of aromatic nitrogens is 1. The van der Waals surface area contributed by atoms with Gasteiger partial charge in [0.25, 0.3) is 0 Å². The summed E-state index contributed by atoms with van der Waals surface area (Å²) in [6.45, 7) is 0.954. The first-order chi connectivity index (χ1) is 8.18. The van der Waals surface area contributed by atoms with Crippen molar-refractivity contribution in [3.05, 3.63) is 43.7 Å². The van der Waals surface area contributed by atoms with Crippen LogP contribution >= 0.6 is 23.2 Å². The van der Waals surface area contributed by atoms with Crippen molar-refractivity contribution >= 4 is 34.1 Å². The van der Waals surface area contributed by atoms with Crippen LogP contribution in [-0.4, -0.2) is 11.6 Å². The first kappa shape index (κ1) is 11.1. The lowest BCUT2D eigenvalue weighted by Crippen LogP contribution is -2.22. The van der Waals surface area contributed by atoms with Gasteiger partial charge in [-0.25, -0.2) is 0 Å². The number of halogens is 2. The van der Waals surface area contributed by atoms with E-state index >= 15 is 0 Å². The van der Waals surface area contributed by atoms with Gasteiger partial charge in [-0.2, -0.15) is 0 Å². The van der Waals surface area contributed by atoms with E-state index in [2.05, 4.69) is 4.98 Å². The van der Waals surface area contributed by atoms with Crippen LogP contribution in [-0.2, 0) is 17.8 Å². The van der Waals surface area contributed by atoms with E-state index in [0.717, 1.165) is 5.69 Å². The SMILES string of the molecule is O=c1c2c([nH]c3c(Cl)ccc(Cl)c13)CCOC2. The standard InChI is InChI=1S/C12H9Cl2NO2/c13-7-1-2-8(14)11-10(7)12(16)6-5-17-4-3-9(6)15-11/h1-2H,3-5H2,(H,15,16). The van der Waals surface area contributed by atoms with Crippen LogP contribution in [0.15, 0.2) is 16.9 Å². The number of hydrogen-bond donors (Lipinski definition) is 1. The zero-order valence-electron chi connectivity index (χ0n) is 8.85. The zero-order valence-corrected chi connectivity index (χ0v) is 10.4. The molecule has 1 aliphatic rings. The van der Waals surface area contributed by atoms with E-state index in [4.69, 9.17) is 27.9 Å². The van der Waals surface area contributed by atoms with Gasteiger partial charge in [0, 0.05) is 17.7 Å². The molecule has 0 unspecified atom stereocenters. The fraction of sp³-hybridized carbons (Fsp3) is 0.250. The Morgan fingerprint density at radius 3 is 2.82 bits per heavy atom. The molecule has 0 bridgehead atoms. The molecular weight excluding hydrogens is 261 g/mol. The quantitative estimate of drug-likeness (QED) is 0.799. The second-order valence-electron chi connectivity index (χ2n) is 3.99. The first-order valence-corrected chi connectivity index (χ1v) is 6.03. The summed E-state index contributed by atoms with van der Waals surface area (Å²) < 4.78 is 5.30. The van der Waals surface area contributed by atoms with E-state index in [9.17, 15) is 4.79 Å². The largest absolute Gasteiger partial charge is 0.376 e. The average molecular weight is 270 g/mol. The number of aromatic amines is 1. The minimum absolute atomic E-state index is 0.0825. The fourth-order valence-electron chi connectivity index (χ4n) is 2.12. The van der Waals surface area contributed by atoms with Crippen molar-refractivity contribution in [1.82, 2.24) is 4.98 Å². The van der Waals surface area contributed by atoms with Gasteiger partial charge in [0.05, 0.1) is 34.2 Å². The second kappa shape index (κ2) is 4.02. The van der Waals surface area contributed by atoms with Gasteiger partial charge >= 0.3 is 0 Å². The Labute approximate surface area is 107 Å². The molecular formula is C12H9Cl2NO2. The van der Waals surface area contributed by atoms with Gasteiger partial charge in [0.1, 0.15) is 0 Å². The molecule has 0 atom stereocenters. The van der Waals surface area contributed by atoms with Crippen molar-refractivity contribution in [1.29, 1.82) is 0 Å². The van der Waals surface area contributed by atoms with Crippen molar-refractivity contribution in [3.8, 4) is 0 Å². The lowest BCUT2D eigenvalue weighted by Gasteiger charge is -2.17. The second-order valence-corrected chi connectivity index (χ2v) is 4.81. The highest BCUT2D eigenvalue weighted by Crippen LogP contribution is 2.28. The van der Waals surface area contributed by atoms with E-state index in [1.165, 1.54) is 0 Å². The molecule has 2 aromatic rings. The van der Waals surface area contributed by atoms with Gasteiger partial charge in [-0.05, 0) is 12.1 Å². The van der Waals surface area contributed by atoms with Gasteiger partial charge in [-0.1, -0.05) is 23.2 Å². The number of hydrogen-bond acceptors (Lipinski definition) is 2. The number of nitrogens with one attached hydrogen (secondary N) is 1. The molecule has 0 fully saturated rings. The number of rotatable bonds is 0. The molecule has 0 radical (unpaired) electrons. The third kappa shape index (κ3) is 1.66. The Morgan fingerprint density at radius 1 is 1.24 bits per heavy atom. The number of benzene rings is 1. The maximum absolute atomic E-state index is 12.3. The summed E-state index contributed by atoms with van der Waals surface area (Å²) in [5, 5.41) is 1.37. The van der Waals surface area contributed by atoms with Crippen LogP contribution in [0.3, 0.4) is 0 Å². The van der Waals surface area contributed by atoms with Crippen molar-refractivity contribution < 1.29 is 4.74 Å². The van der Waals surface area contributed by atoms with E-state index in [1.807, 2.05) is 0 Å². The predicted octanol–water partition coefficient (Wildman–Crippen LogP) is 2.91. The zero-order chi connectivity index (χ0) is 12.0. The van der Waals surface area contributed by atoms with Crippen molar-refractivity contribution in [2.45, 2.75) is 13.0 Å². The van der Waals surface area contributed by atoms with Gasteiger partial charge < -0.3 is 9.72 Å². The number of H-pyrrole nitrogens is 1. The average Bonchev–Trinajstić information content (AvgIpc) is 2.34. The Balaban J connectivity index is 2.48. The fourth-order valence-corrected chi connectivity index (χ4v) is 2.57. The molecule has 17 heavy (non-hydrogen) atoms. The highest BCUT2D eigenvalue weighted by atomic mass is 35.5. The third-order valence-corrected chi connectivity index (χ3v) is 3.62. The number of fused-ring (bicyclic) bond motifs is 2. The normalized spacial score (nSPS) is 14.9. The van der Waals surface area contributed by atoms with Gasteiger partial charge in [-0.3, -0.25) is 4.79 Å². The summed E-state index contributed by atoms with van der Waals surface area (Å²) in [6, 6.07) is 3.32. The molecule has 88 valence electrons. The van der Waals surface area contributed by atoms with Crippen LogP contribution in [0.5, 0.6) is 0 Å². The van der Waals surface area contributed by atoms with Gasteiger partial charge in [0.2, 0.25) is 0 Å². The summed E-state index contributed by atoms with van der Waals surface area (Å²) in [6.07, 6.45) is 0.698. The van der Waals surface area contributed by atoms with Crippen LogP contribution in [0.25, 0.3) is 10.9 Å². The summed E-state index contributed by atoms with van der Waals surface area (Å²) in [5.74, 6) is 0. The van der Waals surface area contributed by atoms with E-state index in [1.54, 1.807) is 12.1 Å². The molecule has 2 heterocycles. The molecule has 1 aromatic heterocycles. The van der Waals surface area contributed by atoms with Gasteiger partial charge in [-0.15, -0.1) is 0 Å². The van der Waals surface area contributed by atoms with Crippen molar-refractivity contribution in [3.63, 3.8) is 0 Å². The maximum atomic E-state index is 12.3. The van der Waals surface area contributed by atoms with Crippen LogP contribution in [0.4, 0.5) is 0 Å². The molecule has 0 spiro atoms. The van der Waals surface area contributed by atoms with Crippen LogP contribution in [0.2, 0.25) is 10.0 Å². The van der Waals surface area contributed by atoms with Crippen LogP contribution in [0, 0.1) is 0 Å². The highest BCUT2D eigenvalue weighted by Gasteiger charge is 2.18. The summed E-state index contributed by atoms with van der Waals surface area (Å²) in [5.41, 5.74) is 2.09. The monoisotopic (exact) mass is 269 g/mol. The molecule has 1 N–H and O–H groups in total. The first-order valence-electron chi connectivity index (χ1n) is 5.28. The lowest BCUT2D eigenvalue weighted by atomic mass is 10.1. The smallest absolute Gasteiger partial charge is 0.196 e. The van der Waals surface area contributed by atoms with E-state index in [0.29, 0.717) is 46.1 Å². The molecule has 3 rings (SSSR count). The minimum Gasteiger partial charge on any atom is -0.376 e. The maximum Gasteiger partial charge on any atom is 0.196 e.